The van der Waals surface area contributed by atoms with Crippen LogP contribution in [-0.2, 0) is 9.59 Å². The lowest BCUT2D eigenvalue weighted by Crippen LogP contribution is -2.40. The number of carbonyl (C=O) groups is 2. The molecule has 6 nitrogen and oxygen atoms in total. The fraction of sp³-hybridized carbons (Fsp3) is 0.647. The van der Waals surface area contributed by atoms with Crippen LogP contribution in [0.1, 0.15) is 44.9 Å². The van der Waals surface area contributed by atoms with Gasteiger partial charge in [0.05, 0.1) is 0 Å². The Bertz CT molecular complexity index is 487. The number of nitrogens with one attached hydrogen (secondary N) is 3. The fourth-order valence-electron chi connectivity index (χ4n) is 3.13. The van der Waals surface area contributed by atoms with Gasteiger partial charge in [0.25, 0.3) is 5.91 Å². The Morgan fingerprint density at radius 3 is 2.26 bits per heavy atom. The molecule has 2 rings (SSSR count). The van der Waals surface area contributed by atoms with Gasteiger partial charge in [-0.05, 0) is 37.8 Å². The zero-order chi connectivity index (χ0) is 16.7. The predicted molar refractivity (Wildman–Crippen MR) is 90.0 cm³/mol. The summed E-state index contributed by atoms with van der Waals surface area (Å²) < 4.78 is 0. The number of amidine groups is 1. The van der Waals surface area contributed by atoms with E-state index in [4.69, 9.17) is 10.8 Å². The normalized spacial score (nSPS) is 20.4. The third kappa shape index (κ3) is 5.30. The number of amides is 1. The van der Waals surface area contributed by atoms with Gasteiger partial charge < -0.3 is 15.0 Å². The number of carbonyl (C=O) groups excluding carboxylic acids is 2. The van der Waals surface area contributed by atoms with Gasteiger partial charge in [0.15, 0.2) is 0 Å². The molecule has 0 unspecified atom stereocenters. The molecule has 3 N–H and O–H groups in total. The van der Waals surface area contributed by atoms with Crippen molar-refractivity contribution in [2.45, 2.75) is 51.0 Å². The van der Waals surface area contributed by atoms with E-state index in [9.17, 15) is 9.59 Å². The number of nitrogens with zero attached hydrogens (tertiary/aromatic N) is 1. The Morgan fingerprint density at radius 2 is 1.65 bits per heavy atom. The number of rotatable bonds is 5. The largest absolute Gasteiger partial charge is 0.357 e. The van der Waals surface area contributed by atoms with Gasteiger partial charge in [-0.3, -0.25) is 15.6 Å². The third-order valence-electron chi connectivity index (χ3n) is 4.67. The molecule has 1 aliphatic heterocycles. The van der Waals surface area contributed by atoms with Gasteiger partial charge >= 0.3 is 0 Å². The molecule has 6 heteroatoms. The van der Waals surface area contributed by atoms with E-state index in [0.29, 0.717) is 18.9 Å². The molecular weight excluding hydrogens is 292 g/mol. The van der Waals surface area contributed by atoms with Crippen molar-refractivity contribution in [1.29, 1.82) is 10.8 Å². The first-order valence-electron chi connectivity index (χ1n) is 8.46. The summed E-state index contributed by atoms with van der Waals surface area (Å²) in [5, 5.41) is 18.7. The summed E-state index contributed by atoms with van der Waals surface area (Å²) in [6.07, 6.45) is 10.9. The maximum Gasteiger partial charge on any atom is 0.269 e. The zero-order valence-corrected chi connectivity index (χ0v) is 13.5. The second-order valence-corrected chi connectivity index (χ2v) is 6.40. The van der Waals surface area contributed by atoms with E-state index in [1.165, 1.54) is 18.6 Å². The molecule has 23 heavy (non-hydrogen) atoms. The van der Waals surface area contributed by atoms with Crippen LogP contribution in [0.3, 0.4) is 0 Å². The molecule has 126 valence electrons. The van der Waals surface area contributed by atoms with E-state index in [0.717, 1.165) is 44.8 Å². The number of piperidine rings is 1. The van der Waals surface area contributed by atoms with E-state index in [-0.39, 0.29) is 23.6 Å². The van der Waals surface area contributed by atoms with Crippen molar-refractivity contribution < 1.29 is 9.59 Å². The van der Waals surface area contributed by atoms with Crippen LogP contribution < -0.4 is 5.32 Å². The van der Waals surface area contributed by atoms with Crippen molar-refractivity contribution in [3.63, 3.8) is 0 Å². The second-order valence-electron chi connectivity index (χ2n) is 6.40. The summed E-state index contributed by atoms with van der Waals surface area (Å²) in [4.78, 5) is 24.6. The minimum Gasteiger partial charge on any atom is -0.357 e. The SMILES string of the molecule is N=C(/C=C\C(=N)N1CCC(C=O)CC1)C(=O)NC1CCCCC1. The van der Waals surface area contributed by atoms with Crippen LogP contribution >= 0.6 is 0 Å². The Morgan fingerprint density at radius 1 is 1.00 bits per heavy atom. The zero-order valence-electron chi connectivity index (χ0n) is 13.5. The number of hydrogen-bond acceptors (Lipinski definition) is 4. The molecule has 0 aromatic carbocycles. The van der Waals surface area contributed by atoms with Crippen LogP contribution in [0.4, 0.5) is 0 Å². The van der Waals surface area contributed by atoms with Crippen LogP contribution in [0.15, 0.2) is 12.2 Å². The van der Waals surface area contributed by atoms with Crippen LogP contribution in [-0.4, -0.2) is 47.8 Å². The molecule has 1 aliphatic carbocycles. The topological polar surface area (TPSA) is 97.1 Å². The Kier molecular flexibility index (Phi) is 6.50. The molecule has 0 aromatic rings. The number of hydrogen-bond donors (Lipinski definition) is 3. The molecule has 2 fully saturated rings. The summed E-state index contributed by atoms with van der Waals surface area (Å²) in [6.45, 7) is 1.35. The van der Waals surface area contributed by atoms with E-state index in [1.54, 1.807) is 0 Å². The summed E-state index contributed by atoms with van der Waals surface area (Å²) in [5.74, 6) is 0.0350. The van der Waals surface area contributed by atoms with Crippen LogP contribution in [0.25, 0.3) is 0 Å². The summed E-state index contributed by atoms with van der Waals surface area (Å²) >= 11 is 0. The summed E-state index contributed by atoms with van der Waals surface area (Å²) in [5.41, 5.74) is -0.108. The lowest BCUT2D eigenvalue weighted by molar-refractivity contribution is -0.115. The molecular formula is C17H26N4O2. The van der Waals surface area contributed by atoms with E-state index < -0.39 is 0 Å². The summed E-state index contributed by atoms with van der Waals surface area (Å²) in [7, 11) is 0. The van der Waals surface area contributed by atoms with E-state index in [2.05, 4.69) is 5.32 Å². The lowest BCUT2D eigenvalue weighted by atomic mass is 9.95. The fourth-order valence-corrected chi connectivity index (χ4v) is 3.13. The molecule has 0 spiro atoms. The molecule has 0 atom stereocenters. The van der Waals surface area contributed by atoms with Crippen LogP contribution in [0.2, 0.25) is 0 Å². The molecule has 0 aromatic heterocycles. The van der Waals surface area contributed by atoms with Crippen LogP contribution in [0, 0.1) is 16.7 Å². The van der Waals surface area contributed by atoms with E-state index in [1.807, 2.05) is 4.90 Å². The predicted octanol–water partition coefficient (Wildman–Crippen LogP) is 1.90. The van der Waals surface area contributed by atoms with Gasteiger partial charge in [0.1, 0.15) is 17.8 Å². The molecule has 1 heterocycles. The second kappa shape index (κ2) is 8.60. The summed E-state index contributed by atoms with van der Waals surface area (Å²) in [6, 6.07) is 0.187. The maximum atomic E-state index is 12.0. The first-order chi connectivity index (χ1) is 11.1. The van der Waals surface area contributed by atoms with Crippen molar-refractivity contribution in [2.24, 2.45) is 5.92 Å². The molecule has 0 bridgehead atoms. The Balaban J connectivity index is 1.77. The highest BCUT2D eigenvalue weighted by Crippen LogP contribution is 2.17. The average Bonchev–Trinajstić information content (AvgIpc) is 2.60. The molecule has 0 radical (unpaired) electrons. The Labute approximate surface area is 137 Å². The smallest absolute Gasteiger partial charge is 0.269 e. The van der Waals surface area contributed by atoms with E-state index >= 15 is 0 Å². The first-order valence-corrected chi connectivity index (χ1v) is 8.46. The highest BCUT2D eigenvalue weighted by atomic mass is 16.1. The number of likely N-dealkylation sites (tertiary alicyclic amines) is 1. The molecule has 1 saturated carbocycles. The van der Waals surface area contributed by atoms with Gasteiger partial charge in [0.2, 0.25) is 0 Å². The van der Waals surface area contributed by atoms with Gasteiger partial charge in [-0.15, -0.1) is 0 Å². The van der Waals surface area contributed by atoms with Gasteiger partial charge in [0, 0.05) is 25.0 Å². The highest BCUT2D eigenvalue weighted by Gasteiger charge is 2.20. The standard InChI is InChI=1S/C17H26N4O2/c18-15(17(23)20-14-4-2-1-3-5-14)6-7-16(19)21-10-8-13(12-22)9-11-21/h6-7,12-14,18-19H,1-5,8-11H2,(H,20,23)/b7-6-,18-15?,19-16?. The van der Waals surface area contributed by atoms with Crippen LogP contribution in [0.5, 0.6) is 0 Å². The van der Waals surface area contributed by atoms with Gasteiger partial charge in [-0.2, -0.15) is 0 Å². The minimum absolute atomic E-state index is 0.0996. The molecule has 2 aliphatic rings. The Hall–Kier alpha value is -1.98. The first kappa shape index (κ1) is 17.4. The van der Waals surface area contributed by atoms with Crippen molar-refractivity contribution in [1.82, 2.24) is 10.2 Å². The molecule has 1 saturated heterocycles. The minimum atomic E-state index is -0.361. The van der Waals surface area contributed by atoms with Gasteiger partial charge in [-0.25, -0.2) is 0 Å². The average molecular weight is 318 g/mol. The van der Waals surface area contributed by atoms with Crippen molar-refractivity contribution in [2.75, 3.05) is 13.1 Å². The van der Waals surface area contributed by atoms with Crippen molar-refractivity contribution in [3.05, 3.63) is 12.2 Å². The van der Waals surface area contributed by atoms with Crippen molar-refractivity contribution >= 4 is 23.7 Å². The monoisotopic (exact) mass is 318 g/mol. The molecule has 1 amide bonds. The maximum absolute atomic E-state index is 12.0. The third-order valence-corrected chi connectivity index (χ3v) is 4.67. The van der Waals surface area contributed by atoms with Crippen molar-refractivity contribution in [3.8, 4) is 0 Å². The highest BCUT2D eigenvalue weighted by molar-refractivity contribution is 6.42. The quantitative estimate of drug-likeness (QED) is 0.410. The number of aldehydes is 1. The lowest BCUT2D eigenvalue weighted by Gasteiger charge is -2.30. The van der Waals surface area contributed by atoms with Gasteiger partial charge in [-0.1, -0.05) is 19.3 Å².